The van der Waals surface area contributed by atoms with Gasteiger partial charge >= 0.3 is 0 Å². The summed E-state index contributed by atoms with van der Waals surface area (Å²) in [7, 11) is 7.75. The average molecular weight is 449 g/mol. The fraction of sp³-hybridized carbons (Fsp3) is 0.667. The molecule has 0 spiro atoms. The Morgan fingerprint density at radius 3 is 2.33 bits per heavy atom. The van der Waals surface area contributed by atoms with Crippen molar-refractivity contribution in [3.8, 4) is 0 Å². The van der Waals surface area contributed by atoms with Gasteiger partial charge in [0.1, 0.15) is 0 Å². The molecule has 1 fully saturated rings. The summed E-state index contributed by atoms with van der Waals surface area (Å²) in [5, 5.41) is 3.39. The largest absolute Gasteiger partial charge is 0.351 e. The fourth-order valence-electron chi connectivity index (χ4n) is 2.75. The molecule has 2 rings (SSSR count). The maximum atomic E-state index is 11.4. The first-order valence-electron chi connectivity index (χ1n) is 7.83. The Morgan fingerprint density at radius 2 is 1.88 bits per heavy atom. The molecular formula is C15H28IN7O. The number of halogens is 1. The van der Waals surface area contributed by atoms with Crippen LogP contribution >= 0.6 is 24.0 Å². The number of carbonyl (C=O) groups excluding carboxylic acids is 1. The van der Waals surface area contributed by atoms with E-state index in [4.69, 9.17) is 0 Å². The smallest absolute Gasteiger partial charge is 0.219 e. The van der Waals surface area contributed by atoms with E-state index in [-0.39, 0.29) is 29.9 Å². The molecule has 1 aromatic heterocycles. The molecule has 0 aliphatic carbocycles. The van der Waals surface area contributed by atoms with Crippen LogP contribution < -0.4 is 10.2 Å². The van der Waals surface area contributed by atoms with Crippen molar-refractivity contribution in [2.75, 3.05) is 52.2 Å². The van der Waals surface area contributed by atoms with Gasteiger partial charge in [0.25, 0.3) is 0 Å². The number of piperazine rings is 1. The van der Waals surface area contributed by atoms with Crippen molar-refractivity contribution in [1.82, 2.24) is 24.7 Å². The lowest BCUT2D eigenvalue weighted by Crippen LogP contribution is -2.53. The summed E-state index contributed by atoms with van der Waals surface area (Å²) in [5.74, 6) is 1.92. The molecule has 0 bridgehead atoms. The van der Waals surface area contributed by atoms with E-state index in [0.29, 0.717) is 6.54 Å². The maximum Gasteiger partial charge on any atom is 0.219 e. The number of aliphatic imine (C=N–C) groups is 1. The SMILES string of the molecule is CN=C(NCc1cnc(N(C)C)n1C)N1CCN(C(C)=O)CC1.I. The summed E-state index contributed by atoms with van der Waals surface area (Å²) < 4.78 is 2.06. The molecule has 0 radical (unpaired) electrons. The number of hydrogen-bond donors (Lipinski definition) is 1. The molecule has 2 heterocycles. The van der Waals surface area contributed by atoms with Crippen molar-refractivity contribution in [3.05, 3.63) is 11.9 Å². The van der Waals surface area contributed by atoms with Crippen LogP contribution in [0.15, 0.2) is 11.2 Å². The highest BCUT2D eigenvalue weighted by Crippen LogP contribution is 2.11. The normalized spacial score (nSPS) is 15.1. The van der Waals surface area contributed by atoms with Crippen LogP contribution in [0.3, 0.4) is 0 Å². The number of nitrogens with zero attached hydrogens (tertiary/aromatic N) is 6. The third-order valence-corrected chi connectivity index (χ3v) is 4.12. The van der Waals surface area contributed by atoms with E-state index in [1.165, 1.54) is 0 Å². The lowest BCUT2D eigenvalue weighted by atomic mass is 10.3. The van der Waals surface area contributed by atoms with Gasteiger partial charge < -0.3 is 24.6 Å². The summed E-state index contributed by atoms with van der Waals surface area (Å²) in [6.07, 6.45) is 1.88. The molecule has 136 valence electrons. The first-order chi connectivity index (χ1) is 10.9. The van der Waals surface area contributed by atoms with Crippen molar-refractivity contribution >= 4 is 41.8 Å². The first-order valence-corrected chi connectivity index (χ1v) is 7.83. The highest BCUT2D eigenvalue weighted by atomic mass is 127. The number of nitrogens with one attached hydrogen (secondary N) is 1. The summed E-state index contributed by atoms with van der Waals surface area (Å²) in [5.41, 5.74) is 1.09. The molecule has 1 N–H and O–H groups in total. The molecule has 1 aromatic rings. The van der Waals surface area contributed by atoms with Gasteiger partial charge in [0.2, 0.25) is 11.9 Å². The van der Waals surface area contributed by atoms with Crippen LogP contribution in [0.1, 0.15) is 12.6 Å². The Bertz CT molecular complexity index is 576. The Hall–Kier alpha value is -1.52. The highest BCUT2D eigenvalue weighted by Gasteiger charge is 2.21. The third-order valence-electron chi connectivity index (χ3n) is 4.12. The van der Waals surface area contributed by atoms with E-state index in [9.17, 15) is 4.79 Å². The molecule has 24 heavy (non-hydrogen) atoms. The van der Waals surface area contributed by atoms with Gasteiger partial charge in [-0.05, 0) is 0 Å². The Kier molecular flexibility index (Phi) is 7.77. The fourth-order valence-corrected chi connectivity index (χ4v) is 2.75. The lowest BCUT2D eigenvalue weighted by molar-refractivity contribution is -0.130. The quantitative estimate of drug-likeness (QED) is 0.410. The van der Waals surface area contributed by atoms with Crippen LogP contribution in [0.25, 0.3) is 0 Å². The summed E-state index contributed by atoms with van der Waals surface area (Å²) in [4.78, 5) is 26.2. The number of guanidine groups is 1. The summed E-state index contributed by atoms with van der Waals surface area (Å²) >= 11 is 0. The molecule has 1 saturated heterocycles. The standard InChI is InChI=1S/C15H27N7O.HI/c1-12(23)21-6-8-22(9-7-21)14(16-2)17-10-13-11-18-15(19(3)4)20(13)5;/h11H,6-10H2,1-5H3,(H,16,17);1H. The highest BCUT2D eigenvalue weighted by molar-refractivity contribution is 14.0. The van der Waals surface area contributed by atoms with Crippen molar-refractivity contribution in [2.45, 2.75) is 13.5 Å². The van der Waals surface area contributed by atoms with E-state index in [1.807, 2.05) is 37.1 Å². The monoisotopic (exact) mass is 449 g/mol. The van der Waals surface area contributed by atoms with Crippen molar-refractivity contribution in [1.29, 1.82) is 0 Å². The van der Waals surface area contributed by atoms with Crippen LogP contribution in [0, 0.1) is 0 Å². The van der Waals surface area contributed by atoms with Gasteiger partial charge in [-0.15, -0.1) is 24.0 Å². The van der Waals surface area contributed by atoms with Crippen molar-refractivity contribution in [3.63, 3.8) is 0 Å². The Labute approximate surface area is 160 Å². The first kappa shape index (κ1) is 20.5. The van der Waals surface area contributed by atoms with Gasteiger partial charge in [0.15, 0.2) is 5.96 Å². The van der Waals surface area contributed by atoms with Crippen LogP contribution in [0.5, 0.6) is 0 Å². The van der Waals surface area contributed by atoms with Crippen molar-refractivity contribution < 1.29 is 4.79 Å². The predicted octanol–water partition coefficient (Wildman–Crippen LogP) is 0.344. The number of rotatable bonds is 3. The van der Waals surface area contributed by atoms with Crippen LogP contribution in [0.2, 0.25) is 0 Å². The molecule has 0 aromatic carbocycles. The topological polar surface area (TPSA) is 69.0 Å². The molecular weight excluding hydrogens is 421 g/mol. The molecule has 1 aliphatic heterocycles. The van der Waals surface area contributed by atoms with Gasteiger partial charge in [-0.2, -0.15) is 0 Å². The molecule has 9 heteroatoms. The maximum absolute atomic E-state index is 11.4. The number of anilines is 1. The van der Waals surface area contributed by atoms with Crippen LogP contribution in [0.4, 0.5) is 5.95 Å². The van der Waals surface area contributed by atoms with Crippen LogP contribution in [-0.2, 0) is 18.4 Å². The van der Waals surface area contributed by atoms with Gasteiger partial charge in [-0.25, -0.2) is 4.98 Å². The third kappa shape index (κ3) is 4.74. The molecule has 0 atom stereocenters. The zero-order chi connectivity index (χ0) is 17.0. The molecule has 1 amide bonds. The minimum absolute atomic E-state index is 0. The van der Waals surface area contributed by atoms with Gasteiger partial charge in [-0.1, -0.05) is 0 Å². The molecule has 8 nitrogen and oxygen atoms in total. The van der Waals surface area contributed by atoms with Gasteiger partial charge in [-0.3, -0.25) is 9.79 Å². The Balaban J connectivity index is 0.00000288. The summed E-state index contributed by atoms with van der Waals surface area (Å²) in [6, 6.07) is 0. The number of amides is 1. The predicted molar refractivity (Wildman–Crippen MR) is 107 cm³/mol. The second-order valence-corrected chi connectivity index (χ2v) is 5.90. The zero-order valence-electron chi connectivity index (χ0n) is 15.1. The van der Waals surface area contributed by atoms with E-state index in [1.54, 1.807) is 14.0 Å². The summed E-state index contributed by atoms with van der Waals surface area (Å²) in [6.45, 7) is 5.37. The number of carbonyl (C=O) groups is 1. The van der Waals surface area contributed by atoms with Gasteiger partial charge in [0.05, 0.1) is 18.4 Å². The molecule has 1 aliphatic rings. The van der Waals surface area contributed by atoms with E-state index >= 15 is 0 Å². The second kappa shape index (κ2) is 9.09. The average Bonchev–Trinajstić information content (AvgIpc) is 2.89. The number of aromatic nitrogens is 2. The van der Waals surface area contributed by atoms with E-state index in [2.05, 4.69) is 24.8 Å². The zero-order valence-corrected chi connectivity index (χ0v) is 17.4. The van der Waals surface area contributed by atoms with E-state index < -0.39 is 0 Å². The number of imidazole rings is 1. The minimum Gasteiger partial charge on any atom is -0.351 e. The van der Waals surface area contributed by atoms with E-state index in [0.717, 1.165) is 43.8 Å². The molecule has 0 saturated carbocycles. The minimum atomic E-state index is 0. The molecule has 0 unspecified atom stereocenters. The lowest BCUT2D eigenvalue weighted by Gasteiger charge is -2.36. The van der Waals surface area contributed by atoms with Crippen LogP contribution in [-0.4, -0.2) is 78.5 Å². The second-order valence-electron chi connectivity index (χ2n) is 5.90. The number of hydrogen-bond acceptors (Lipinski definition) is 4. The van der Waals surface area contributed by atoms with Crippen molar-refractivity contribution in [2.24, 2.45) is 12.0 Å². The Morgan fingerprint density at radius 1 is 1.29 bits per heavy atom. The van der Waals surface area contributed by atoms with Gasteiger partial charge in [0, 0.05) is 61.3 Å².